The van der Waals surface area contributed by atoms with E-state index < -0.39 is 53.0 Å². The van der Waals surface area contributed by atoms with E-state index in [0.29, 0.717) is 68.6 Å². The van der Waals surface area contributed by atoms with Gasteiger partial charge < -0.3 is 56.3 Å². The van der Waals surface area contributed by atoms with Gasteiger partial charge in [-0.15, -0.1) is 0 Å². The van der Waals surface area contributed by atoms with Crippen LogP contribution in [0, 0.1) is 53.3 Å². The van der Waals surface area contributed by atoms with Crippen LogP contribution in [-0.2, 0) is 34.3 Å². The van der Waals surface area contributed by atoms with Crippen LogP contribution in [0.15, 0.2) is 139 Å². The summed E-state index contributed by atoms with van der Waals surface area (Å²) in [5, 5.41) is 83.4. The molecule has 3 heterocycles. The Kier molecular flexibility index (Phi) is 19.9. The minimum absolute atomic E-state index is 0.0310. The number of benzene rings is 5. The van der Waals surface area contributed by atoms with Crippen LogP contribution >= 0.6 is 0 Å². The predicted octanol–water partition coefficient (Wildman–Crippen LogP) is 13.2. The maximum atomic E-state index is 15.7. The van der Waals surface area contributed by atoms with Crippen LogP contribution in [0.2, 0.25) is 0 Å². The van der Waals surface area contributed by atoms with Crippen molar-refractivity contribution in [1.82, 2.24) is 15.6 Å². The molecule has 2 aliphatic heterocycles. The lowest BCUT2D eigenvalue weighted by Gasteiger charge is -2.46. The molecular weight excluding hydrogens is 1150 g/mol. The molecule has 0 saturated heterocycles. The molecule has 13 atom stereocenters. The number of rotatable bonds is 7. The molecule has 92 heavy (non-hydrogen) atoms. The number of phenols is 3. The molecule has 0 amide bonds. The largest absolute Gasteiger partial charge is 0.508 e. The maximum absolute atomic E-state index is 15.7. The number of β-amino-alcohol motifs (C(OH)–C–C–N with tert-alkyl or cyclic N) is 1. The summed E-state index contributed by atoms with van der Waals surface area (Å²) < 4.78 is 5.71. The molecule has 484 valence electrons. The number of hydrogen-bond acceptors (Lipinski definition) is 12. The summed E-state index contributed by atoms with van der Waals surface area (Å²) in [6.45, 7) is 8.15. The first kappa shape index (κ1) is 64.5. The molecule has 6 aromatic rings. The number of carbonyl (C=O) groups is 2. The molecule has 0 radical (unpaired) electrons. The number of anilines is 1. The number of hydrogen-bond donors (Lipinski definition) is 10. The Balaban J connectivity index is 0.983. The lowest BCUT2D eigenvalue weighted by Crippen LogP contribution is -2.48. The minimum Gasteiger partial charge on any atom is -0.508 e. The maximum Gasteiger partial charge on any atom is 0.173 e. The van der Waals surface area contributed by atoms with E-state index in [1.54, 1.807) is 18.2 Å². The number of aryl methyl sites for hydroxylation is 1. The van der Waals surface area contributed by atoms with Gasteiger partial charge in [0.1, 0.15) is 17.3 Å². The molecule has 1 aromatic heterocycles. The Labute approximate surface area is 542 Å². The van der Waals surface area contributed by atoms with Gasteiger partial charge in [0, 0.05) is 78.6 Å². The molecule has 6 aliphatic rings. The van der Waals surface area contributed by atoms with Gasteiger partial charge in [-0.3, -0.25) is 9.59 Å². The lowest BCUT2D eigenvalue weighted by molar-refractivity contribution is -0.142. The third-order valence-electron chi connectivity index (χ3n) is 22.0. The Morgan fingerprint density at radius 2 is 1.59 bits per heavy atom. The standard InChI is InChI=1S/C79H94N4O9/c1-5-12-64-58-35-51(32-50-27-30-81-74(37-50)83-60-24-21-52-17-20-57(75(88)69(52)42-60)38-62(85)46-80-44-48(3)59-41-73(82-45-59)79(78(64)91)28-9-6-10-29-79)34-55-22-25-66(67-43-71(87)72(92-4)40-56(67)23-26-70(86)77(90)76(89)68(55)39-58)65-16-8-7-15-63(65)54-19-18-53(47(2)31-54)33-49-13-11-14-61(84)36-49/h7-8,11,13-21,24,27,36-37,40-43,45,47-48,51,53-55,58,62,64,66,68,77-78,80-85,87-88,90-91H,5-6,9-10,12,23,26,28-35,38-39,44,46H2,1-4H3. The van der Waals surface area contributed by atoms with Crippen LogP contribution in [0.4, 0.5) is 5.69 Å². The van der Waals surface area contributed by atoms with E-state index in [-0.39, 0.29) is 77.8 Å². The number of ketones is 2. The third kappa shape index (κ3) is 13.9. The molecule has 2 fully saturated rings. The number of ether oxygens (including phenoxy) is 1. The molecule has 13 nitrogen and oxygen atoms in total. The second-order valence-electron chi connectivity index (χ2n) is 28.1. The van der Waals surface area contributed by atoms with E-state index in [4.69, 9.17) is 4.74 Å². The Morgan fingerprint density at radius 1 is 0.772 bits per heavy atom. The van der Waals surface area contributed by atoms with Gasteiger partial charge in [0.15, 0.2) is 29.2 Å². The van der Waals surface area contributed by atoms with Crippen LogP contribution in [0.1, 0.15) is 167 Å². The van der Waals surface area contributed by atoms with Crippen molar-refractivity contribution in [2.45, 2.75) is 165 Å². The van der Waals surface area contributed by atoms with Gasteiger partial charge in [-0.1, -0.05) is 131 Å². The highest BCUT2D eigenvalue weighted by atomic mass is 16.5. The van der Waals surface area contributed by atoms with Crippen molar-refractivity contribution >= 4 is 28.0 Å². The average Bonchev–Trinajstić information content (AvgIpc) is 1.44. The summed E-state index contributed by atoms with van der Waals surface area (Å²) in [5.41, 5.74) is 8.74. The molecule has 12 rings (SSSR count). The van der Waals surface area contributed by atoms with Crippen LogP contribution in [0.3, 0.4) is 0 Å². The Morgan fingerprint density at radius 3 is 2.38 bits per heavy atom. The molecule has 1 spiro atoms. The number of methoxy groups -OCH3 is 1. The molecule has 4 aliphatic carbocycles. The first-order valence-electron chi connectivity index (χ1n) is 34.2. The van der Waals surface area contributed by atoms with Crippen molar-refractivity contribution in [1.29, 1.82) is 0 Å². The highest BCUT2D eigenvalue weighted by molar-refractivity contribution is 6.06. The minimum atomic E-state index is -1.88. The van der Waals surface area contributed by atoms with Gasteiger partial charge in [0.05, 0.1) is 25.2 Å². The van der Waals surface area contributed by atoms with Crippen LogP contribution in [0.5, 0.6) is 23.0 Å². The monoisotopic (exact) mass is 1240 g/mol. The second-order valence-corrected chi connectivity index (χ2v) is 28.1. The summed E-state index contributed by atoms with van der Waals surface area (Å²) in [6.07, 6.45) is 18.0. The molecule has 2 saturated carbocycles. The second kappa shape index (κ2) is 28.3. The lowest BCUT2D eigenvalue weighted by atomic mass is 9.61. The molecule has 13 unspecified atom stereocenters. The van der Waals surface area contributed by atoms with E-state index in [1.807, 2.05) is 48.5 Å². The van der Waals surface area contributed by atoms with E-state index in [9.17, 15) is 35.4 Å². The number of aliphatic hydroxyl groups excluding tert-OH is 3. The fourth-order valence-corrected chi connectivity index (χ4v) is 16.9. The fraction of sp³-hybridized carbons (Fsp3) is 0.468. The highest BCUT2D eigenvalue weighted by Crippen LogP contribution is 2.52. The predicted molar refractivity (Wildman–Crippen MR) is 363 cm³/mol. The number of aromatic hydroxyl groups is 3. The molecule has 10 N–H and O–H groups in total. The van der Waals surface area contributed by atoms with Crippen molar-refractivity contribution in [2.75, 3.05) is 32.1 Å². The zero-order valence-corrected chi connectivity index (χ0v) is 54.0. The van der Waals surface area contributed by atoms with Gasteiger partial charge in [0.25, 0.3) is 0 Å². The number of phenolic OH excluding ortho intramolecular Hbond substituents is 3. The number of dihydropyridines is 1. The van der Waals surface area contributed by atoms with Gasteiger partial charge in [-0.05, 0) is 198 Å². The quantitative estimate of drug-likeness (QED) is 0.0410. The third-order valence-corrected chi connectivity index (χ3v) is 22.0. The normalized spacial score (nSPS) is 28.8. The molecule has 9 bridgehead atoms. The zero-order chi connectivity index (χ0) is 64.2. The van der Waals surface area contributed by atoms with Crippen molar-refractivity contribution in [3.8, 4) is 34.8 Å². The number of aliphatic hydroxyl groups is 3. The number of fused-ring (bicyclic) bond motifs is 10. The van der Waals surface area contributed by atoms with Crippen molar-refractivity contribution < 1.29 is 45.0 Å². The fourth-order valence-electron chi connectivity index (χ4n) is 16.9. The van der Waals surface area contributed by atoms with E-state index in [0.717, 1.165) is 113 Å². The van der Waals surface area contributed by atoms with Crippen molar-refractivity contribution in [3.63, 3.8) is 0 Å². The summed E-state index contributed by atoms with van der Waals surface area (Å²) in [7, 11) is 1.50. The number of carbonyl (C=O) groups excluding carboxylic acids is 2. The summed E-state index contributed by atoms with van der Waals surface area (Å²) in [4.78, 5) is 34.1. The first-order chi connectivity index (χ1) is 44.6. The number of aromatic amines is 1. The summed E-state index contributed by atoms with van der Waals surface area (Å²) >= 11 is 0. The summed E-state index contributed by atoms with van der Waals surface area (Å²) in [6, 6.07) is 31.5. The highest BCUT2D eigenvalue weighted by Gasteiger charge is 2.50. The van der Waals surface area contributed by atoms with Gasteiger partial charge in [-0.25, -0.2) is 0 Å². The molecule has 5 aromatic carbocycles. The Bertz CT molecular complexity index is 3810. The van der Waals surface area contributed by atoms with Gasteiger partial charge in [-0.2, -0.15) is 0 Å². The molecule has 13 heteroatoms. The van der Waals surface area contributed by atoms with Crippen molar-refractivity contribution in [3.05, 3.63) is 184 Å². The number of allylic oxidation sites excluding steroid dienone is 4. The molecular formula is C79H94N4O9. The Hall–Kier alpha value is -7.60. The van der Waals surface area contributed by atoms with Gasteiger partial charge in [0.2, 0.25) is 0 Å². The smallest absolute Gasteiger partial charge is 0.173 e. The zero-order valence-electron chi connectivity index (χ0n) is 54.0. The van der Waals surface area contributed by atoms with E-state index >= 15 is 4.79 Å². The first-order valence-corrected chi connectivity index (χ1v) is 34.2. The number of H-pyrrole nitrogens is 1. The number of nitrogens with one attached hydrogen (secondary N) is 4. The topological polar surface area (TPSA) is 217 Å². The van der Waals surface area contributed by atoms with E-state index in [2.05, 4.69) is 114 Å². The number of Topliss-reactive ketones (excluding diaryl/α,β-unsaturated/α-hetero) is 2. The number of aromatic nitrogens is 1. The summed E-state index contributed by atoms with van der Waals surface area (Å²) in [5.74, 6) is 6.16. The van der Waals surface area contributed by atoms with Gasteiger partial charge >= 0.3 is 0 Å². The average molecular weight is 1240 g/mol. The SMILES string of the molecule is CCCC1C2CC(CC3=CCNC(=C3)Nc3ccc4ccc(c(O)c4c3)CC(O)CNCC(C)c3c[nH]c(c3)C3(CCCCC3)C1O)CC1C#CC(c3ccccc3C3C=CC(Cc4cccc(O)c4)C(C)C3)c3cc(O)c(OC)cc3CCC(=O)C(O)C(=O)C1C2. The van der Waals surface area contributed by atoms with E-state index in [1.165, 1.54) is 7.11 Å². The van der Waals surface area contributed by atoms with Crippen LogP contribution < -0.4 is 20.7 Å². The van der Waals surface area contributed by atoms with Crippen molar-refractivity contribution in [2.24, 2.45) is 41.4 Å². The van der Waals surface area contributed by atoms with Crippen LogP contribution in [-0.4, -0.2) is 92.2 Å². The van der Waals surface area contributed by atoms with Crippen LogP contribution in [0.25, 0.3) is 10.8 Å².